The Balaban J connectivity index is 1.51. The highest BCUT2D eigenvalue weighted by Crippen LogP contribution is 2.40. The summed E-state index contributed by atoms with van der Waals surface area (Å²) in [7, 11) is 2.14. The first-order valence-corrected chi connectivity index (χ1v) is 14.5. The van der Waals surface area contributed by atoms with Crippen LogP contribution in [0.25, 0.3) is 0 Å². The molecule has 2 N–H and O–H groups in total. The van der Waals surface area contributed by atoms with Gasteiger partial charge in [-0.05, 0) is 98.6 Å². The second kappa shape index (κ2) is 12.6. The Morgan fingerprint density at radius 2 is 1.62 bits per heavy atom. The van der Waals surface area contributed by atoms with Gasteiger partial charge in [0.2, 0.25) is 5.95 Å². The number of amides is 1. The Labute approximate surface area is 256 Å². The molecule has 1 atom stereocenters. The zero-order valence-corrected chi connectivity index (χ0v) is 25.6. The lowest BCUT2D eigenvalue weighted by Gasteiger charge is -2.34. The van der Waals surface area contributed by atoms with Crippen molar-refractivity contribution in [2.45, 2.75) is 26.8 Å². The van der Waals surface area contributed by atoms with Gasteiger partial charge in [0.25, 0.3) is 0 Å². The number of benzene rings is 3. The lowest BCUT2D eigenvalue weighted by molar-refractivity contribution is 0.200. The van der Waals surface area contributed by atoms with Crippen LogP contribution in [0.3, 0.4) is 0 Å². The Bertz CT molecular complexity index is 1570. The van der Waals surface area contributed by atoms with Crippen molar-refractivity contribution in [1.29, 1.82) is 0 Å². The van der Waals surface area contributed by atoms with E-state index < -0.39 is 12.1 Å². The minimum Gasteiger partial charge on any atom is -0.465 e. The van der Waals surface area contributed by atoms with E-state index in [4.69, 9.17) is 23.2 Å². The topological polar surface area (TPSA) is 84.8 Å². The quantitative estimate of drug-likeness (QED) is 0.226. The number of nitrogens with zero attached hydrogens (tertiary/aromatic N) is 5. The molecule has 0 bridgehead atoms. The van der Waals surface area contributed by atoms with Gasteiger partial charge < -0.3 is 20.2 Å². The Morgan fingerprint density at radius 3 is 2.26 bits per heavy atom. The number of carboxylic acid groups (broad SMARTS) is 1. The molecule has 1 aromatic heterocycles. The molecule has 1 unspecified atom stereocenters. The van der Waals surface area contributed by atoms with Crippen molar-refractivity contribution < 1.29 is 9.90 Å². The highest BCUT2D eigenvalue weighted by atomic mass is 35.5. The van der Waals surface area contributed by atoms with Gasteiger partial charge in [0.15, 0.2) is 0 Å². The minimum absolute atomic E-state index is 0.203. The first-order valence-electron chi connectivity index (χ1n) is 13.8. The van der Waals surface area contributed by atoms with Gasteiger partial charge in [0.05, 0.1) is 6.04 Å². The van der Waals surface area contributed by atoms with Crippen molar-refractivity contribution in [3.63, 3.8) is 0 Å². The zero-order chi connectivity index (χ0) is 30.0. The fourth-order valence-electron chi connectivity index (χ4n) is 5.60. The molecule has 8 nitrogen and oxygen atoms in total. The lowest BCUT2D eigenvalue weighted by Crippen LogP contribution is -2.44. The summed E-state index contributed by atoms with van der Waals surface area (Å²) in [4.78, 5) is 27.9. The predicted octanol–water partition coefficient (Wildman–Crippen LogP) is 7.48. The van der Waals surface area contributed by atoms with Gasteiger partial charge in [0.1, 0.15) is 5.82 Å². The molecule has 1 amide bonds. The number of hydrogen-bond acceptors (Lipinski definition) is 6. The van der Waals surface area contributed by atoms with Crippen molar-refractivity contribution >= 4 is 52.4 Å². The van der Waals surface area contributed by atoms with E-state index in [1.54, 1.807) is 30.5 Å². The van der Waals surface area contributed by atoms with E-state index in [1.165, 1.54) is 4.90 Å². The van der Waals surface area contributed by atoms with Gasteiger partial charge in [0, 0.05) is 53.8 Å². The van der Waals surface area contributed by atoms with Crippen LogP contribution in [0.5, 0.6) is 0 Å². The molecule has 5 rings (SSSR count). The largest absolute Gasteiger partial charge is 0.465 e. The summed E-state index contributed by atoms with van der Waals surface area (Å²) in [5, 5.41) is 14.7. The fourth-order valence-corrected chi connectivity index (χ4v) is 6.01. The third kappa shape index (κ3) is 6.46. The molecule has 0 aliphatic carbocycles. The number of halogens is 2. The van der Waals surface area contributed by atoms with Crippen molar-refractivity contribution in [3.05, 3.63) is 105 Å². The van der Waals surface area contributed by atoms with Crippen molar-refractivity contribution in [2.75, 3.05) is 48.3 Å². The maximum absolute atomic E-state index is 13.0. The smallest absolute Gasteiger partial charge is 0.413 e. The monoisotopic (exact) mass is 604 g/mol. The highest BCUT2D eigenvalue weighted by molar-refractivity contribution is 6.33. The number of rotatable bonds is 7. The molecule has 4 aromatic rings. The molecule has 218 valence electrons. The zero-order valence-electron chi connectivity index (χ0n) is 24.1. The molecule has 1 aliphatic heterocycles. The number of piperazine rings is 1. The van der Waals surface area contributed by atoms with E-state index in [-0.39, 0.29) is 11.8 Å². The molecule has 0 saturated carbocycles. The van der Waals surface area contributed by atoms with Gasteiger partial charge in [-0.2, -0.15) is 4.98 Å². The van der Waals surface area contributed by atoms with Gasteiger partial charge >= 0.3 is 6.09 Å². The van der Waals surface area contributed by atoms with Crippen LogP contribution in [-0.4, -0.2) is 59.3 Å². The third-order valence-corrected chi connectivity index (χ3v) is 8.19. The average Bonchev–Trinajstić information content (AvgIpc) is 2.94. The fraction of sp³-hybridized carbons (Fsp3) is 0.281. The summed E-state index contributed by atoms with van der Waals surface area (Å²) in [6.07, 6.45) is 0.363. The van der Waals surface area contributed by atoms with Crippen LogP contribution < -0.4 is 15.1 Å². The standard InChI is InChI=1S/C32H34Cl2N6O2/c1-20-17-21(2)29(22(3)18-20)30(26-19-23(33)5-10-27(26)34)40(32(41)42)28-11-12-35-31(37-28)36-24-6-8-25(9-7-24)39-15-13-38(4)14-16-39/h5-12,17-19,30H,13-16H2,1-4H3,(H,41,42)(H,35,36,37). The number of carbonyl (C=O) groups is 1. The van der Waals surface area contributed by atoms with Crippen molar-refractivity contribution in [2.24, 2.45) is 0 Å². The summed E-state index contributed by atoms with van der Waals surface area (Å²) in [6.45, 7) is 9.99. The van der Waals surface area contributed by atoms with Crippen LogP contribution in [0, 0.1) is 20.8 Å². The summed E-state index contributed by atoms with van der Waals surface area (Å²) in [5.41, 5.74) is 6.30. The van der Waals surface area contributed by atoms with Crippen LogP contribution in [0.2, 0.25) is 10.0 Å². The summed E-state index contributed by atoms with van der Waals surface area (Å²) >= 11 is 13.1. The molecule has 2 heterocycles. The van der Waals surface area contributed by atoms with Crippen LogP contribution in [0.1, 0.15) is 33.9 Å². The first kappa shape index (κ1) is 29.6. The van der Waals surface area contributed by atoms with Gasteiger partial charge in [-0.25, -0.2) is 14.7 Å². The number of nitrogens with one attached hydrogen (secondary N) is 1. The third-order valence-electron chi connectivity index (χ3n) is 7.61. The maximum Gasteiger partial charge on any atom is 0.413 e. The van der Waals surface area contributed by atoms with Crippen LogP contribution in [0.4, 0.5) is 27.9 Å². The second-order valence-corrected chi connectivity index (χ2v) is 11.6. The Kier molecular flexibility index (Phi) is 8.87. The van der Waals surface area contributed by atoms with Gasteiger partial charge in [-0.3, -0.25) is 0 Å². The van der Waals surface area contributed by atoms with E-state index >= 15 is 0 Å². The molecule has 1 fully saturated rings. The van der Waals surface area contributed by atoms with Crippen molar-refractivity contribution in [3.8, 4) is 0 Å². The molecular formula is C32H34Cl2N6O2. The molecule has 1 aliphatic rings. The van der Waals surface area contributed by atoms with E-state index in [0.29, 0.717) is 15.6 Å². The average molecular weight is 606 g/mol. The van der Waals surface area contributed by atoms with E-state index in [2.05, 4.69) is 44.3 Å². The first-order chi connectivity index (χ1) is 20.1. The molecule has 10 heteroatoms. The summed E-state index contributed by atoms with van der Waals surface area (Å²) in [6, 6.07) is 18.0. The van der Waals surface area contributed by atoms with E-state index in [0.717, 1.165) is 59.8 Å². The van der Waals surface area contributed by atoms with Crippen LogP contribution in [0.15, 0.2) is 66.9 Å². The molecule has 42 heavy (non-hydrogen) atoms. The molecule has 3 aromatic carbocycles. The van der Waals surface area contributed by atoms with E-state index in [9.17, 15) is 9.90 Å². The Morgan fingerprint density at radius 1 is 0.952 bits per heavy atom. The SMILES string of the molecule is Cc1cc(C)c(C(c2cc(Cl)ccc2Cl)N(C(=O)O)c2ccnc(Nc3ccc(N4CCN(C)CC4)cc3)n2)c(C)c1. The van der Waals surface area contributed by atoms with Crippen molar-refractivity contribution in [1.82, 2.24) is 14.9 Å². The second-order valence-electron chi connectivity index (χ2n) is 10.7. The minimum atomic E-state index is -1.18. The number of aromatic nitrogens is 2. The Hall–Kier alpha value is -3.85. The number of likely N-dealkylation sites (N-methyl/N-ethyl adjacent to an activating group) is 1. The molecular weight excluding hydrogens is 571 g/mol. The molecule has 1 saturated heterocycles. The predicted molar refractivity (Wildman–Crippen MR) is 171 cm³/mol. The summed E-state index contributed by atoms with van der Waals surface area (Å²) in [5.74, 6) is 0.480. The van der Waals surface area contributed by atoms with Gasteiger partial charge in [-0.1, -0.05) is 40.9 Å². The number of aryl methyl sites for hydroxylation is 3. The highest BCUT2D eigenvalue weighted by Gasteiger charge is 2.33. The van der Waals surface area contributed by atoms with E-state index in [1.807, 2.05) is 45.0 Å². The molecule has 0 spiro atoms. The maximum atomic E-state index is 13.0. The number of anilines is 4. The summed E-state index contributed by atoms with van der Waals surface area (Å²) < 4.78 is 0. The normalized spacial score (nSPS) is 14.5. The van der Waals surface area contributed by atoms with Crippen LogP contribution in [-0.2, 0) is 0 Å². The van der Waals surface area contributed by atoms with Gasteiger partial charge in [-0.15, -0.1) is 0 Å². The molecule has 0 radical (unpaired) electrons. The van der Waals surface area contributed by atoms with Crippen LogP contribution >= 0.6 is 23.2 Å². The lowest BCUT2D eigenvalue weighted by atomic mass is 9.89. The number of hydrogen-bond donors (Lipinski definition) is 2.